The highest BCUT2D eigenvalue weighted by Crippen LogP contribution is 2.23. The van der Waals surface area contributed by atoms with Crippen molar-refractivity contribution in [2.45, 2.75) is 32.9 Å². The highest BCUT2D eigenvalue weighted by atomic mass is 35.5. The number of rotatable bonds is 6. The van der Waals surface area contributed by atoms with E-state index >= 15 is 0 Å². The Kier molecular flexibility index (Phi) is 7.51. The van der Waals surface area contributed by atoms with Gasteiger partial charge < -0.3 is 11.1 Å². The molecular weight excluding hydrogens is 318 g/mol. The minimum absolute atomic E-state index is 0. The van der Waals surface area contributed by atoms with Gasteiger partial charge in [-0.15, -0.1) is 23.7 Å². The minimum atomic E-state index is -0.456. The van der Waals surface area contributed by atoms with Gasteiger partial charge in [-0.3, -0.25) is 4.79 Å². The molecule has 1 heterocycles. The van der Waals surface area contributed by atoms with Crippen LogP contribution in [-0.4, -0.2) is 16.9 Å². The van der Waals surface area contributed by atoms with E-state index < -0.39 is 6.04 Å². The number of nitrogens with zero attached hydrogens (tertiary/aromatic N) is 1. The summed E-state index contributed by atoms with van der Waals surface area (Å²) < 4.78 is 0. The fourth-order valence-corrected chi connectivity index (χ4v) is 2.74. The minimum Gasteiger partial charge on any atom is -0.349 e. The van der Waals surface area contributed by atoms with Crippen molar-refractivity contribution in [3.63, 3.8) is 0 Å². The number of hydrogen-bond acceptors (Lipinski definition) is 4. The average Bonchev–Trinajstić information content (AvgIpc) is 3.01. The average molecular weight is 340 g/mol. The Balaban J connectivity index is 0.00000242. The van der Waals surface area contributed by atoms with Gasteiger partial charge in [0.1, 0.15) is 5.01 Å². The van der Waals surface area contributed by atoms with Crippen LogP contribution in [-0.2, 0) is 11.3 Å². The summed E-state index contributed by atoms with van der Waals surface area (Å²) in [4.78, 5) is 16.5. The SMILES string of the molecule is CCC(C)C(N)C(=O)NCc1csc(-c2ccccc2)n1.Cl. The first kappa shape index (κ1) is 18.6. The largest absolute Gasteiger partial charge is 0.349 e. The molecular formula is C16H22ClN3OS. The van der Waals surface area contributed by atoms with Crippen molar-refractivity contribution in [3.05, 3.63) is 41.4 Å². The third-order valence-corrected chi connectivity index (χ3v) is 4.52. The van der Waals surface area contributed by atoms with Crippen molar-refractivity contribution < 1.29 is 4.79 Å². The number of halogens is 1. The highest BCUT2D eigenvalue weighted by molar-refractivity contribution is 7.13. The van der Waals surface area contributed by atoms with Crippen LogP contribution in [0.4, 0.5) is 0 Å². The molecule has 0 spiro atoms. The zero-order valence-corrected chi connectivity index (χ0v) is 14.4. The molecule has 0 saturated carbocycles. The van der Waals surface area contributed by atoms with Crippen LogP contribution in [0.25, 0.3) is 10.6 Å². The molecule has 0 bridgehead atoms. The van der Waals surface area contributed by atoms with E-state index in [0.717, 1.165) is 22.7 Å². The predicted octanol–water partition coefficient (Wildman–Crippen LogP) is 3.22. The van der Waals surface area contributed by atoms with E-state index in [0.29, 0.717) is 6.54 Å². The van der Waals surface area contributed by atoms with Gasteiger partial charge in [0.15, 0.2) is 0 Å². The van der Waals surface area contributed by atoms with Gasteiger partial charge in [-0.2, -0.15) is 0 Å². The number of carbonyl (C=O) groups is 1. The van der Waals surface area contributed by atoms with E-state index in [1.54, 1.807) is 11.3 Å². The molecule has 120 valence electrons. The van der Waals surface area contributed by atoms with Crippen LogP contribution in [0.5, 0.6) is 0 Å². The maximum absolute atomic E-state index is 11.9. The van der Waals surface area contributed by atoms with Crippen molar-refractivity contribution in [1.82, 2.24) is 10.3 Å². The molecule has 2 atom stereocenters. The first-order valence-electron chi connectivity index (χ1n) is 7.15. The Hall–Kier alpha value is -1.43. The van der Waals surface area contributed by atoms with E-state index in [4.69, 9.17) is 5.73 Å². The molecule has 2 aromatic rings. The monoisotopic (exact) mass is 339 g/mol. The standard InChI is InChI=1S/C16H21N3OS.ClH/c1-3-11(2)14(17)15(20)18-9-13-10-21-16(19-13)12-7-5-4-6-8-12;/h4-8,10-11,14H,3,9,17H2,1-2H3,(H,18,20);1H. The summed E-state index contributed by atoms with van der Waals surface area (Å²) in [6.45, 7) is 4.44. The molecule has 4 nitrogen and oxygen atoms in total. The predicted molar refractivity (Wildman–Crippen MR) is 94.1 cm³/mol. The lowest BCUT2D eigenvalue weighted by Crippen LogP contribution is -2.44. The van der Waals surface area contributed by atoms with Crippen LogP contribution in [0.2, 0.25) is 0 Å². The molecule has 0 fully saturated rings. The fourth-order valence-electron chi connectivity index (χ4n) is 1.91. The Morgan fingerprint density at radius 3 is 2.68 bits per heavy atom. The lowest BCUT2D eigenvalue weighted by Gasteiger charge is -2.17. The first-order chi connectivity index (χ1) is 10.1. The van der Waals surface area contributed by atoms with E-state index in [9.17, 15) is 4.79 Å². The molecule has 0 saturated heterocycles. The lowest BCUT2D eigenvalue weighted by molar-refractivity contribution is -0.123. The second-order valence-corrected chi connectivity index (χ2v) is 6.00. The molecule has 0 aliphatic heterocycles. The smallest absolute Gasteiger partial charge is 0.237 e. The highest BCUT2D eigenvalue weighted by Gasteiger charge is 2.19. The van der Waals surface area contributed by atoms with Crippen LogP contribution in [0, 0.1) is 5.92 Å². The summed E-state index contributed by atoms with van der Waals surface area (Å²) in [6, 6.07) is 9.56. The van der Waals surface area contributed by atoms with Crippen molar-refractivity contribution >= 4 is 29.7 Å². The van der Waals surface area contributed by atoms with Gasteiger partial charge in [-0.25, -0.2) is 4.98 Å². The molecule has 2 rings (SSSR count). The Labute approximate surface area is 141 Å². The molecule has 6 heteroatoms. The van der Waals surface area contributed by atoms with Crippen molar-refractivity contribution in [3.8, 4) is 10.6 Å². The number of nitrogens with one attached hydrogen (secondary N) is 1. The molecule has 3 N–H and O–H groups in total. The maximum atomic E-state index is 11.9. The molecule has 1 aromatic heterocycles. The first-order valence-corrected chi connectivity index (χ1v) is 8.03. The Bertz CT molecular complexity index is 588. The number of carbonyl (C=O) groups excluding carboxylic acids is 1. The molecule has 2 unspecified atom stereocenters. The fraction of sp³-hybridized carbons (Fsp3) is 0.375. The van der Waals surface area contributed by atoms with Crippen LogP contribution >= 0.6 is 23.7 Å². The summed E-state index contributed by atoms with van der Waals surface area (Å²) in [5.41, 5.74) is 7.86. The third-order valence-electron chi connectivity index (χ3n) is 3.58. The van der Waals surface area contributed by atoms with Gasteiger partial charge in [-0.1, -0.05) is 50.6 Å². The summed E-state index contributed by atoms with van der Waals surface area (Å²) in [5.74, 6) is 0.0684. The zero-order valence-electron chi connectivity index (χ0n) is 12.8. The van der Waals surface area contributed by atoms with Crippen molar-refractivity contribution in [1.29, 1.82) is 0 Å². The van der Waals surface area contributed by atoms with Crippen molar-refractivity contribution in [2.24, 2.45) is 11.7 Å². The van der Waals surface area contributed by atoms with E-state index in [1.807, 2.05) is 49.6 Å². The molecule has 1 amide bonds. The summed E-state index contributed by atoms with van der Waals surface area (Å²) in [7, 11) is 0. The van der Waals surface area contributed by atoms with E-state index in [-0.39, 0.29) is 24.2 Å². The summed E-state index contributed by atoms with van der Waals surface area (Å²) in [6.07, 6.45) is 0.892. The molecule has 0 aliphatic carbocycles. The lowest BCUT2D eigenvalue weighted by atomic mass is 9.99. The van der Waals surface area contributed by atoms with Gasteiger partial charge in [0, 0.05) is 10.9 Å². The quantitative estimate of drug-likeness (QED) is 0.849. The zero-order chi connectivity index (χ0) is 15.2. The number of nitrogens with two attached hydrogens (primary N) is 1. The Morgan fingerprint density at radius 1 is 1.36 bits per heavy atom. The summed E-state index contributed by atoms with van der Waals surface area (Å²) in [5, 5.41) is 5.79. The number of thiazole rings is 1. The number of amides is 1. The van der Waals surface area contributed by atoms with Crippen LogP contribution < -0.4 is 11.1 Å². The van der Waals surface area contributed by atoms with Crippen LogP contribution in [0.3, 0.4) is 0 Å². The topological polar surface area (TPSA) is 68.0 Å². The number of aromatic nitrogens is 1. The molecule has 0 aliphatic rings. The Morgan fingerprint density at radius 2 is 2.05 bits per heavy atom. The number of hydrogen-bond donors (Lipinski definition) is 2. The number of benzene rings is 1. The van der Waals surface area contributed by atoms with Gasteiger partial charge in [0.05, 0.1) is 18.3 Å². The molecule has 1 aromatic carbocycles. The van der Waals surface area contributed by atoms with E-state index in [2.05, 4.69) is 10.3 Å². The van der Waals surface area contributed by atoms with Crippen molar-refractivity contribution in [2.75, 3.05) is 0 Å². The van der Waals surface area contributed by atoms with Gasteiger partial charge >= 0.3 is 0 Å². The van der Waals surface area contributed by atoms with Crippen LogP contribution in [0.1, 0.15) is 26.0 Å². The normalized spacial score (nSPS) is 13.0. The second kappa shape index (κ2) is 8.88. The second-order valence-electron chi connectivity index (χ2n) is 5.14. The van der Waals surface area contributed by atoms with Gasteiger partial charge in [0.25, 0.3) is 0 Å². The third kappa shape index (κ3) is 4.80. The van der Waals surface area contributed by atoms with Gasteiger partial charge in [-0.05, 0) is 5.92 Å². The molecule has 22 heavy (non-hydrogen) atoms. The van der Waals surface area contributed by atoms with E-state index in [1.165, 1.54) is 0 Å². The van der Waals surface area contributed by atoms with Crippen LogP contribution in [0.15, 0.2) is 35.7 Å². The van der Waals surface area contributed by atoms with Gasteiger partial charge in [0.2, 0.25) is 5.91 Å². The molecule has 0 radical (unpaired) electrons. The maximum Gasteiger partial charge on any atom is 0.237 e. The summed E-state index contributed by atoms with van der Waals surface area (Å²) >= 11 is 1.58.